The first-order valence-corrected chi connectivity index (χ1v) is 6.97. The topological polar surface area (TPSA) is 73.6 Å². The van der Waals surface area contributed by atoms with Crippen molar-refractivity contribution >= 4 is 18.3 Å². The smallest absolute Gasteiger partial charge is 0.221 e. The van der Waals surface area contributed by atoms with Crippen molar-refractivity contribution in [3.8, 4) is 11.5 Å². The Kier molecular flexibility index (Phi) is 10.4. The highest BCUT2D eigenvalue weighted by Crippen LogP contribution is 2.28. The lowest BCUT2D eigenvalue weighted by molar-refractivity contribution is -0.121. The molecular weight excluding hydrogens is 292 g/mol. The molecule has 0 spiro atoms. The SMILES string of the molecule is CCCCOc1ccc(CNC(=O)CCN)cc1OC.Cl. The number of rotatable bonds is 9. The van der Waals surface area contributed by atoms with Gasteiger partial charge in [0.1, 0.15) is 0 Å². The normalized spacial score (nSPS) is 9.67. The number of nitrogens with two attached hydrogens (primary N) is 1. The Bertz CT molecular complexity index is 427. The summed E-state index contributed by atoms with van der Waals surface area (Å²) in [6.45, 7) is 3.62. The molecule has 0 saturated heterocycles. The minimum atomic E-state index is -0.0465. The van der Waals surface area contributed by atoms with E-state index in [1.54, 1.807) is 7.11 Å². The average Bonchev–Trinajstić information content (AvgIpc) is 2.46. The highest BCUT2D eigenvalue weighted by atomic mass is 35.5. The summed E-state index contributed by atoms with van der Waals surface area (Å²) in [6, 6.07) is 5.68. The Labute approximate surface area is 132 Å². The van der Waals surface area contributed by atoms with Crippen molar-refractivity contribution in [3.63, 3.8) is 0 Å². The molecule has 0 aliphatic rings. The zero-order valence-electron chi connectivity index (χ0n) is 12.7. The molecule has 0 aliphatic carbocycles. The summed E-state index contributed by atoms with van der Waals surface area (Å²) in [7, 11) is 1.61. The van der Waals surface area contributed by atoms with E-state index in [2.05, 4.69) is 12.2 Å². The molecule has 0 bridgehead atoms. The van der Waals surface area contributed by atoms with Gasteiger partial charge in [0.2, 0.25) is 5.91 Å². The first-order chi connectivity index (χ1) is 9.71. The third kappa shape index (κ3) is 7.20. The van der Waals surface area contributed by atoms with Gasteiger partial charge in [-0.1, -0.05) is 19.4 Å². The maximum Gasteiger partial charge on any atom is 0.221 e. The summed E-state index contributed by atoms with van der Waals surface area (Å²) >= 11 is 0. The molecule has 0 atom stereocenters. The second-order valence-electron chi connectivity index (χ2n) is 4.50. The molecule has 3 N–H and O–H groups in total. The van der Waals surface area contributed by atoms with Crippen molar-refractivity contribution in [1.82, 2.24) is 5.32 Å². The van der Waals surface area contributed by atoms with E-state index in [0.29, 0.717) is 31.9 Å². The fraction of sp³-hybridized carbons (Fsp3) is 0.533. The van der Waals surface area contributed by atoms with Gasteiger partial charge in [-0.2, -0.15) is 0 Å². The van der Waals surface area contributed by atoms with Crippen LogP contribution in [0.2, 0.25) is 0 Å². The number of ether oxygens (including phenoxy) is 2. The summed E-state index contributed by atoms with van der Waals surface area (Å²) in [5.41, 5.74) is 6.29. The van der Waals surface area contributed by atoms with Crippen LogP contribution in [0.3, 0.4) is 0 Å². The number of hydrogen-bond donors (Lipinski definition) is 2. The van der Waals surface area contributed by atoms with Crippen molar-refractivity contribution < 1.29 is 14.3 Å². The van der Waals surface area contributed by atoms with Crippen LogP contribution in [0.4, 0.5) is 0 Å². The molecule has 6 heteroatoms. The van der Waals surface area contributed by atoms with Crippen molar-refractivity contribution in [2.24, 2.45) is 5.73 Å². The summed E-state index contributed by atoms with van der Waals surface area (Å²) in [4.78, 5) is 11.4. The largest absolute Gasteiger partial charge is 0.493 e. The van der Waals surface area contributed by atoms with E-state index in [9.17, 15) is 4.79 Å². The molecule has 0 heterocycles. The van der Waals surface area contributed by atoms with E-state index < -0.39 is 0 Å². The summed E-state index contributed by atoms with van der Waals surface area (Å²) in [5, 5.41) is 2.81. The molecule has 1 rings (SSSR count). The van der Waals surface area contributed by atoms with Gasteiger partial charge in [-0.25, -0.2) is 0 Å². The van der Waals surface area contributed by atoms with Crippen LogP contribution in [-0.2, 0) is 11.3 Å². The van der Waals surface area contributed by atoms with Crippen LogP contribution >= 0.6 is 12.4 Å². The Morgan fingerprint density at radius 2 is 2.10 bits per heavy atom. The average molecular weight is 317 g/mol. The minimum absolute atomic E-state index is 0. The van der Waals surface area contributed by atoms with Crippen molar-refractivity contribution in [1.29, 1.82) is 0 Å². The van der Waals surface area contributed by atoms with Gasteiger partial charge < -0.3 is 20.5 Å². The molecule has 0 saturated carbocycles. The number of hydrogen-bond acceptors (Lipinski definition) is 4. The number of carbonyl (C=O) groups is 1. The van der Waals surface area contributed by atoms with Gasteiger partial charge in [0, 0.05) is 19.5 Å². The Morgan fingerprint density at radius 3 is 2.71 bits per heavy atom. The Balaban J connectivity index is 0.00000400. The molecular formula is C15H25ClN2O3. The number of nitrogens with one attached hydrogen (secondary N) is 1. The number of amides is 1. The number of benzene rings is 1. The fourth-order valence-corrected chi connectivity index (χ4v) is 1.69. The maximum absolute atomic E-state index is 11.4. The van der Waals surface area contributed by atoms with Crippen LogP contribution in [0.1, 0.15) is 31.7 Å². The molecule has 0 unspecified atom stereocenters. The van der Waals surface area contributed by atoms with Crippen molar-refractivity contribution in [3.05, 3.63) is 23.8 Å². The van der Waals surface area contributed by atoms with Gasteiger partial charge in [-0.3, -0.25) is 4.79 Å². The molecule has 1 aromatic carbocycles. The summed E-state index contributed by atoms with van der Waals surface area (Å²) < 4.78 is 11.0. The molecule has 0 radical (unpaired) electrons. The fourth-order valence-electron chi connectivity index (χ4n) is 1.69. The second kappa shape index (κ2) is 11.2. The monoisotopic (exact) mass is 316 g/mol. The number of halogens is 1. The van der Waals surface area contributed by atoms with Gasteiger partial charge >= 0.3 is 0 Å². The van der Waals surface area contributed by atoms with Crippen LogP contribution in [0.25, 0.3) is 0 Å². The highest BCUT2D eigenvalue weighted by Gasteiger charge is 2.06. The van der Waals surface area contributed by atoms with Crippen molar-refractivity contribution in [2.75, 3.05) is 20.3 Å². The molecule has 0 fully saturated rings. The molecule has 5 nitrogen and oxygen atoms in total. The van der Waals surface area contributed by atoms with Crippen LogP contribution < -0.4 is 20.5 Å². The van der Waals surface area contributed by atoms with E-state index in [1.807, 2.05) is 18.2 Å². The molecule has 0 aliphatic heterocycles. The number of unbranched alkanes of at least 4 members (excludes halogenated alkanes) is 1. The van der Waals surface area contributed by atoms with Gasteiger partial charge in [-0.15, -0.1) is 12.4 Å². The Morgan fingerprint density at radius 1 is 1.33 bits per heavy atom. The van der Waals surface area contributed by atoms with Crippen LogP contribution in [0, 0.1) is 0 Å². The van der Waals surface area contributed by atoms with E-state index in [-0.39, 0.29) is 18.3 Å². The zero-order chi connectivity index (χ0) is 14.8. The van der Waals surface area contributed by atoms with Crippen molar-refractivity contribution in [2.45, 2.75) is 32.7 Å². The van der Waals surface area contributed by atoms with Gasteiger partial charge in [0.25, 0.3) is 0 Å². The quantitative estimate of drug-likeness (QED) is 0.685. The van der Waals surface area contributed by atoms with Crippen LogP contribution in [-0.4, -0.2) is 26.2 Å². The van der Waals surface area contributed by atoms with Gasteiger partial charge in [0.05, 0.1) is 13.7 Å². The lowest BCUT2D eigenvalue weighted by atomic mass is 10.2. The summed E-state index contributed by atoms with van der Waals surface area (Å²) in [5.74, 6) is 1.37. The summed E-state index contributed by atoms with van der Waals surface area (Å²) in [6.07, 6.45) is 2.45. The molecule has 0 aromatic heterocycles. The van der Waals surface area contributed by atoms with Gasteiger partial charge in [-0.05, 0) is 24.1 Å². The predicted molar refractivity (Wildman–Crippen MR) is 86.2 cm³/mol. The minimum Gasteiger partial charge on any atom is -0.493 e. The molecule has 1 aromatic rings. The molecule has 21 heavy (non-hydrogen) atoms. The lowest BCUT2D eigenvalue weighted by Crippen LogP contribution is -2.24. The lowest BCUT2D eigenvalue weighted by Gasteiger charge is -2.12. The van der Waals surface area contributed by atoms with E-state index in [0.717, 1.165) is 24.2 Å². The van der Waals surface area contributed by atoms with E-state index in [4.69, 9.17) is 15.2 Å². The zero-order valence-corrected chi connectivity index (χ0v) is 13.5. The third-order valence-electron chi connectivity index (χ3n) is 2.84. The second-order valence-corrected chi connectivity index (χ2v) is 4.50. The van der Waals surface area contributed by atoms with E-state index >= 15 is 0 Å². The molecule has 1 amide bonds. The number of carbonyl (C=O) groups excluding carboxylic acids is 1. The van der Waals surface area contributed by atoms with E-state index in [1.165, 1.54) is 0 Å². The first kappa shape index (κ1) is 19.5. The third-order valence-corrected chi connectivity index (χ3v) is 2.84. The predicted octanol–water partition coefficient (Wildman–Crippen LogP) is 2.26. The standard InChI is InChI=1S/C15H24N2O3.ClH/c1-3-4-9-20-13-6-5-12(10-14(13)19-2)11-17-15(18)7-8-16;/h5-6,10H,3-4,7-9,11,16H2,1-2H3,(H,17,18);1H. The Hall–Kier alpha value is -1.46. The van der Waals surface area contributed by atoms with Crippen LogP contribution in [0.5, 0.6) is 11.5 Å². The van der Waals surface area contributed by atoms with Crippen LogP contribution in [0.15, 0.2) is 18.2 Å². The molecule has 120 valence electrons. The highest BCUT2D eigenvalue weighted by molar-refractivity contribution is 5.85. The first-order valence-electron chi connectivity index (χ1n) is 6.97. The number of methoxy groups -OCH3 is 1. The maximum atomic E-state index is 11.4. The van der Waals surface area contributed by atoms with Gasteiger partial charge in [0.15, 0.2) is 11.5 Å².